The number of allylic oxidation sites excluding steroid dienone is 4. The number of nitrogens with zero attached hydrogens (tertiary/aromatic N) is 7. The molecule has 0 aliphatic carbocycles. The summed E-state index contributed by atoms with van der Waals surface area (Å²) in [6.45, 7) is 15.2. The highest BCUT2D eigenvalue weighted by Gasteiger charge is 2.38. The Bertz CT molecular complexity index is 2050. The number of rotatable bonds is 8. The predicted octanol–water partition coefficient (Wildman–Crippen LogP) is 7.19. The lowest BCUT2D eigenvalue weighted by Gasteiger charge is -2.36. The molecule has 0 spiro atoms. The van der Waals surface area contributed by atoms with Crippen LogP contribution in [0, 0.1) is 30.3 Å². The highest BCUT2D eigenvalue weighted by atomic mass is 19.1. The maximum atomic E-state index is 15.3. The Labute approximate surface area is 297 Å². The number of anilines is 1. The molecule has 2 aliphatic heterocycles. The van der Waals surface area contributed by atoms with Gasteiger partial charge in [-0.25, -0.2) is 22.8 Å². The molecule has 0 amide bonds. The van der Waals surface area contributed by atoms with Crippen molar-refractivity contribution in [2.75, 3.05) is 32.0 Å². The van der Waals surface area contributed by atoms with Gasteiger partial charge in [-0.15, -0.1) is 0 Å². The van der Waals surface area contributed by atoms with E-state index in [1.165, 1.54) is 29.1 Å². The van der Waals surface area contributed by atoms with Gasteiger partial charge in [0.1, 0.15) is 29.0 Å². The van der Waals surface area contributed by atoms with Crippen molar-refractivity contribution in [2.24, 2.45) is 16.6 Å². The minimum atomic E-state index is -0.714. The molecule has 1 saturated heterocycles. The SMILES string of the molecule is C=C1C2CC(CN2/C(=C/C)c2cnn(-c3ccc(F)cc3F)c2NCC)\N=C(/C=C\C=C\N)c2cc(F)cc3nc(C)n(c23)CC(CC)CN1C. The number of likely N-dealkylation sites (tertiary alicyclic amines) is 1. The summed E-state index contributed by atoms with van der Waals surface area (Å²) in [6, 6.07) is 6.16. The van der Waals surface area contributed by atoms with E-state index in [0.717, 1.165) is 47.3 Å². The molecule has 6 rings (SSSR count). The van der Waals surface area contributed by atoms with Crippen LogP contribution < -0.4 is 11.1 Å². The van der Waals surface area contributed by atoms with E-state index in [-0.39, 0.29) is 29.5 Å². The van der Waals surface area contributed by atoms with Gasteiger partial charge in [-0.1, -0.05) is 25.7 Å². The summed E-state index contributed by atoms with van der Waals surface area (Å²) in [4.78, 5) is 14.6. The van der Waals surface area contributed by atoms with E-state index in [4.69, 9.17) is 15.7 Å². The molecule has 268 valence electrons. The number of halogens is 3. The van der Waals surface area contributed by atoms with Gasteiger partial charge >= 0.3 is 0 Å². The molecule has 4 aromatic rings. The third-order valence-corrected chi connectivity index (χ3v) is 9.89. The Morgan fingerprint density at radius 3 is 2.59 bits per heavy atom. The van der Waals surface area contributed by atoms with E-state index in [1.807, 2.05) is 39.0 Å². The molecule has 0 saturated carbocycles. The second-order valence-corrected chi connectivity index (χ2v) is 13.2. The molecule has 1 fully saturated rings. The van der Waals surface area contributed by atoms with Crippen LogP contribution in [0.25, 0.3) is 22.4 Å². The van der Waals surface area contributed by atoms with Gasteiger partial charge in [0.05, 0.1) is 40.6 Å². The lowest BCUT2D eigenvalue weighted by molar-refractivity contribution is 0.260. The van der Waals surface area contributed by atoms with Gasteiger partial charge in [0.2, 0.25) is 0 Å². The number of hydrogen-bond acceptors (Lipinski definition) is 7. The van der Waals surface area contributed by atoms with Crippen LogP contribution in [-0.4, -0.2) is 73.6 Å². The molecule has 2 aliphatic rings. The molecule has 2 aromatic carbocycles. The average Bonchev–Trinajstić information content (AvgIpc) is 3.79. The number of aliphatic imine (C=N–C) groups is 1. The van der Waals surface area contributed by atoms with Crippen LogP contribution >= 0.6 is 0 Å². The summed E-state index contributed by atoms with van der Waals surface area (Å²) in [5, 5.41) is 7.95. The Balaban J connectivity index is 1.51. The first-order valence-corrected chi connectivity index (χ1v) is 17.5. The van der Waals surface area contributed by atoms with Crippen LogP contribution in [0.4, 0.5) is 19.0 Å². The second-order valence-electron chi connectivity index (χ2n) is 13.2. The van der Waals surface area contributed by atoms with Crippen molar-refractivity contribution in [3.63, 3.8) is 0 Å². The van der Waals surface area contributed by atoms with Crippen molar-refractivity contribution in [3.05, 3.63) is 114 Å². The summed E-state index contributed by atoms with van der Waals surface area (Å²) in [6.07, 6.45) is 12.2. The van der Waals surface area contributed by atoms with E-state index in [0.29, 0.717) is 48.7 Å². The lowest BCUT2D eigenvalue weighted by atomic mass is 10.0. The number of hydrogen-bond donors (Lipinski definition) is 2. The first-order valence-electron chi connectivity index (χ1n) is 17.5. The highest BCUT2D eigenvalue weighted by Crippen LogP contribution is 2.38. The van der Waals surface area contributed by atoms with Gasteiger partial charge in [-0.3, -0.25) is 4.99 Å². The first-order chi connectivity index (χ1) is 24.6. The second kappa shape index (κ2) is 14.9. The number of likely N-dealkylation sites (N-methyl/N-ethyl adjacent to an activating group) is 1. The van der Waals surface area contributed by atoms with E-state index < -0.39 is 11.6 Å². The Kier molecular flexibility index (Phi) is 10.4. The number of fused-ring (bicyclic) bond motifs is 2. The van der Waals surface area contributed by atoms with Crippen LogP contribution in [-0.2, 0) is 6.54 Å². The summed E-state index contributed by atoms with van der Waals surface area (Å²) >= 11 is 0. The predicted molar refractivity (Wildman–Crippen MR) is 199 cm³/mol. The third kappa shape index (κ3) is 6.91. The molecule has 0 radical (unpaired) electrons. The van der Waals surface area contributed by atoms with Crippen LogP contribution in [0.2, 0.25) is 0 Å². The van der Waals surface area contributed by atoms with Crippen molar-refractivity contribution >= 4 is 28.3 Å². The van der Waals surface area contributed by atoms with Crippen molar-refractivity contribution in [1.29, 1.82) is 0 Å². The van der Waals surface area contributed by atoms with Crippen LogP contribution in [0.3, 0.4) is 0 Å². The van der Waals surface area contributed by atoms with Gasteiger partial charge in [-0.2, -0.15) is 5.10 Å². The molecular formula is C39H46F3N9. The smallest absolute Gasteiger partial charge is 0.151 e. The summed E-state index contributed by atoms with van der Waals surface area (Å²) in [7, 11) is 2.08. The Morgan fingerprint density at radius 2 is 1.88 bits per heavy atom. The molecule has 2 bridgehead atoms. The van der Waals surface area contributed by atoms with E-state index in [9.17, 15) is 4.39 Å². The van der Waals surface area contributed by atoms with E-state index >= 15 is 8.78 Å². The molecule has 9 nitrogen and oxygen atoms in total. The Hall–Kier alpha value is -5.26. The van der Waals surface area contributed by atoms with Gasteiger partial charge in [0, 0.05) is 62.3 Å². The summed E-state index contributed by atoms with van der Waals surface area (Å²) < 4.78 is 47.9. The van der Waals surface area contributed by atoms with Gasteiger partial charge in [0.25, 0.3) is 0 Å². The number of aromatic nitrogens is 4. The zero-order valence-corrected chi connectivity index (χ0v) is 29.9. The molecular weight excluding hydrogens is 651 g/mol. The topological polar surface area (TPSA) is 92.5 Å². The van der Waals surface area contributed by atoms with E-state index in [2.05, 4.69) is 45.3 Å². The van der Waals surface area contributed by atoms with Crippen molar-refractivity contribution in [1.82, 2.24) is 29.1 Å². The minimum absolute atomic E-state index is 0.137. The van der Waals surface area contributed by atoms with Crippen molar-refractivity contribution < 1.29 is 13.2 Å². The van der Waals surface area contributed by atoms with Crippen LogP contribution in [0.15, 0.2) is 84.3 Å². The molecule has 2 aromatic heterocycles. The lowest BCUT2D eigenvalue weighted by Crippen LogP contribution is -2.38. The van der Waals surface area contributed by atoms with Gasteiger partial charge in [-0.05, 0) is 76.1 Å². The van der Waals surface area contributed by atoms with Gasteiger partial charge in [0.15, 0.2) is 5.82 Å². The van der Waals surface area contributed by atoms with Gasteiger partial charge < -0.3 is 25.4 Å². The van der Waals surface area contributed by atoms with E-state index in [1.54, 1.807) is 18.3 Å². The minimum Gasteiger partial charge on any atom is -0.405 e. The standard InChI is InChI=1S/C39H46F3N9/c1-7-26-21-48(6)24(4)37-19-29(47-33(12-10-11-15-43)30-16-28(41)18-34-38(30)49(22-26)25(5)46-34)23-50(37)35(8-2)31-20-45-51(39(31)44-9-3)36-14-13-27(40)17-32(36)42/h8,10-18,20,26,29,37,44H,4,7,9,19,21-23,43H2,1-3,5-6H3/b12-10-,15-11+,35-8+,47-33+. The molecule has 3 N–H and O–H groups in total. The third-order valence-electron chi connectivity index (χ3n) is 9.89. The fourth-order valence-electron chi connectivity index (χ4n) is 7.39. The number of nitrogens with two attached hydrogens (primary N) is 1. The molecule has 51 heavy (non-hydrogen) atoms. The largest absolute Gasteiger partial charge is 0.405 e. The average molecular weight is 698 g/mol. The van der Waals surface area contributed by atoms with Crippen molar-refractivity contribution in [2.45, 2.75) is 59.2 Å². The summed E-state index contributed by atoms with van der Waals surface area (Å²) in [5.41, 5.74) is 11.2. The first kappa shape index (κ1) is 35.6. The maximum absolute atomic E-state index is 15.3. The normalized spacial score (nSPS) is 21.3. The number of imidazole rings is 1. The number of aryl methyl sites for hydroxylation is 1. The molecule has 12 heteroatoms. The van der Waals surface area contributed by atoms with Crippen LogP contribution in [0.1, 0.15) is 50.6 Å². The zero-order valence-electron chi connectivity index (χ0n) is 29.9. The van der Waals surface area contributed by atoms with Crippen molar-refractivity contribution in [3.8, 4) is 5.69 Å². The monoisotopic (exact) mass is 697 g/mol. The molecule has 3 unspecified atom stereocenters. The fraction of sp³-hybridized carbons (Fsp3) is 0.359. The fourth-order valence-corrected chi connectivity index (χ4v) is 7.39. The molecule has 4 heterocycles. The number of benzene rings is 2. The Morgan fingerprint density at radius 1 is 1.08 bits per heavy atom. The quantitative estimate of drug-likeness (QED) is 0.190. The summed E-state index contributed by atoms with van der Waals surface area (Å²) in [5.74, 6) is -0.101. The zero-order chi connectivity index (χ0) is 36.4. The van der Waals surface area contributed by atoms with Crippen LogP contribution in [0.5, 0.6) is 0 Å². The number of nitrogens with one attached hydrogen (secondary N) is 1. The highest BCUT2D eigenvalue weighted by molar-refractivity contribution is 6.15. The maximum Gasteiger partial charge on any atom is 0.151 e. The molecule has 3 atom stereocenters.